The molecule has 0 amide bonds. The molecular weight excluding hydrogens is 412 g/mol. The van der Waals surface area contributed by atoms with E-state index in [0.29, 0.717) is 0 Å². The van der Waals surface area contributed by atoms with Crippen molar-refractivity contribution in [3.8, 4) is 0 Å². The topological polar surface area (TPSA) is 101 Å². The zero-order valence-electron chi connectivity index (χ0n) is 4.09. The van der Waals surface area contributed by atoms with Crippen LogP contribution in [0.5, 0.6) is 0 Å². The molecule has 0 aliphatic heterocycles. The molecule has 11 heavy (non-hydrogen) atoms. The molecule has 0 radical (unpaired) electrons. The van der Waals surface area contributed by atoms with Gasteiger partial charge in [-0.1, -0.05) is 0 Å². The average molecular weight is 416 g/mol. The van der Waals surface area contributed by atoms with E-state index < -0.39 is 20.5 Å². The van der Waals surface area contributed by atoms with Crippen molar-refractivity contribution in [3.63, 3.8) is 0 Å². The maximum atomic E-state index is 9.24. The standard InChI is InChI=1S/Au.Na.H2O3S2.H2O3S.H/c;;1-5(2,3)4;1-4(2)3;/h;;(H2,1,2,3,4);(H2,1,2,3);/q+1;;;;/p-1. The summed E-state index contributed by atoms with van der Waals surface area (Å²) < 4.78 is 46.0. The summed E-state index contributed by atoms with van der Waals surface area (Å²) in [5, 5.41) is 0. The van der Waals surface area contributed by atoms with E-state index in [1.807, 2.05) is 0 Å². The predicted octanol–water partition coefficient (Wildman–Crippen LogP) is -1.33. The number of hydrogen-bond acceptors (Lipinski definition) is 4. The van der Waals surface area contributed by atoms with Crippen LogP contribution in [-0.2, 0) is 44.7 Å². The van der Waals surface area contributed by atoms with Crippen molar-refractivity contribution in [2.24, 2.45) is 0 Å². The molecule has 1 unspecified atom stereocenters. The third-order valence-corrected chi connectivity index (χ3v) is 1.06. The molecule has 0 aromatic rings. The van der Waals surface area contributed by atoms with Crippen LogP contribution in [0.3, 0.4) is 0 Å². The molecule has 0 heterocycles. The first kappa shape index (κ1) is 18.8. The number of hydrogen-bond donors (Lipinski definition) is 3. The van der Waals surface area contributed by atoms with Crippen LogP contribution in [0.2, 0.25) is 0 Å². The fourth-order valence-corrected chi connectivity index (χ4v) is 0. The molecule has 0 fully saturated rings. The summed E-state index contributed by atoms with van der Waals surface area (Å²) in [5.41, 5.74) is 0. The fraction of sp³-hybridized carbons (Fsp3) is 0. The zero-order chi connectivity index (χ0) is 8.78. The van der Waals surface area contributed by atoms with Gasteiger partial charge in [-0.15, -0.1) is 0 Å². The van der Waals surface area contributed by atoms with Gasteiger partial charge in [0.2, 0.25) is 0 Å². The maximum absolute atomic E-state index is 9.24. The summed E-state index contributed by atoms with van der Waals surface area (Å²) >= 11 is 2.03. The quantitative estimate of drug-likeness (QED) is 0.161. The SMILES string of the molecule is O=S(=O)(O)S.O=S(O)[O][Au].[NaH]. The molecular formula is H4AuNaO6S3. The molecule has 0 rings (SSSR count). The molecule has 0 aromatic heterocycles. The van der Waals surface area contributed by atoms with Crippen LogP contribution < -0.4 is 0 Å². The second-order valence-corrected chi connectivity index (χ2v) is 4.61. The van der Waals surface area contributed by atoms with Gasteiger partial charge in [0.05, 0.1) is 0 Å². The molecule has 70 valence electrons. The normalized spacial score (nSPS) is 12.1. The van der Waals surface area contributed by atoms with E-state index in [2.05, 4.69) is 14.4 Å². The Morgan fingerprint density at radius 2 is 1.64 bits per heavy atom. The Morgan fingerprint density at radius 1 is 1.55 bits per heavy atom. The van der Waals surface area contributed by atoms with Gasteiger partial charge in [0.1, 0.15) is 0 Å². The summed E-state index contributed by atoms with van der Waals surface area (Å²) in [6, 6.07) is 0. The number of thiol groups is 1. The molecule has 0 aromatic carbocycles. The van der Waals surface area contributed by atoms with Crippen LogP contribution >= 0.6 is 11.7 Å². The van der Waals surface area contributed by atoms with E-state index in [1.54, 1.807) is 0 Å². The monoisotopic (exact) mass is 416 g/mol. The van der Waals surface area contributed by atoms with Gasteiger partial charge in [-0.05, 0) is 11.7 Å². The van der Waals surface area contributed by atoms with E-state index in [0.717, 1.165) is 0 Å². The molecule has 0 spiro atoms. The molecule has 1 atom stereocenters. The molecule has 0 bridgehead atoms. The Balaban J connectivity index is -0.000000107. The number of rotatable bonds is 1. The molecule has 0 saturated carbocycles. The third-order valence-electron chi connectivity index (χ3n) is 0.0430. The minimum atomic E-state index is -3.97. The van der Waals surface area contributed by atoms with Crippen LogP contribution in [0.15, 0.2) is 0 Å². The van der Waals surface area contributed by atoms with E-state index in [-0.39, 0.29) is 29.6 Å². The van der Waals surface area contributed by atoms with Crippen molar-refractivity contribution in [1.82, 2.24) is 0 Å². The molecule has 0 saturated heterocycles. The van der Waals surface area contributed by atoms with Gasteiger partial charge < -0.3 is 0 Å². The summed E-state index contributed by atoms with van der Waals surface area (Å²) in [6.07, 6.45) is 0. The molecule has 0 aliphatic rings. The Kier molecular flexibility index (Phi) is 17.3. The Labute approximate surface area is 106 Å². The first-order chi connectivity index (χ1) is 4.27. The van der Waals surface area contributed by atoms with Crippen molar-refractivity contribution in [2.45, 2.75) is 0 Å². The summed E-state index contributed by atoms with van der Waals surface area (Å²) in [4.78, 5) is 0. The van der Waals surface area contributed by atoms with E-state index in [1.165, 1.54) is 21.5 Å². The Hall–Kier alpha value is 2.07. The molecule has 11 heteroatoms. The Bertz CT molecular complexity index is 176. The van der Waals surface area contributed by atoms with Gasteiger partial charge in [-0.25, -0.2) is 0 Å². The van der Waals surface area contributed by atoms with Gasteiger partial charge >= 0.3 is 83.0 Å². The van der Waals surface area contributed by atoms with Crippen LogP contribution in [0.1, 0.15) is 0 Å². The van der Waals surface area contributed by atoms with Crippen molar-refractivity contribution in [3.05, 3.63) is 0 Å². The van der Waals surface area contributed by atoms with Crippen molar-refractivity contribution >= 4 is 61.7 Å². The van der Waals surface area contributed by atoms with E-state index >= 15 is 0 Å². The van der Waals surface area contributed by atoms with Gasteiger partial charge in [-0.2, -0.15) is 8.42 Å². The van der Waals surface area contributed by atoms with Gasteiger partial charge in [0.15, 0.2) is 0 Å². The van der Waals surface area contributed by atoms with Gasteiger partial charge in [0.25, 0.3) is 0 Å². The zero-order valence-corrected chi connectivity index (χ0v) is 8.79. The molecule has 6 nitrogen and oxygen atoms in total. The summed E-state index contributed by atoms with van der Waals surface area (Å²) in [6.45, 7) is 0. The van der Waals surface area contributed by atoms with Gasteiger partial charge in [-0.3, -0.25) is 4.55 Å². The second kappa shape index (κ2) is 10.2. The molecule has 0 aliphatic carbocycles. The van der Waals surface area contributed by atoms with Crippen molar-refractivity contribution < 1.29 is 45.9 Å². The fourth-order valence-electron chi connectivity index (χ4n) is 0. The third kappa shape index (κ3) is 73.9. The second-order valence-electron chi connectivity index (χ2n) is 0.715. The predicted molar refractivity (Wildman–Crippen MR) is 39.5 cm³/mol. The summed E-state index contributed by atoms with van der Waals surface area (Å²) in [5.74, 6) is 0. The average Bonchev–Trinajstić information content (AvgIpc) is 1.61. The van der Waals surface area contributed by atoms with Crippen LogP contribution in [0.4, 0.5) is 0 Å². The molecule has 2 N–H and O–H groups in total. The first-order valence-electron chi connectivity index (χ1n) is 1.34. The van der Waals surface area contributed by atoms with E-state index in [4.69, 9.17) is 17.5 Å². The van der Waals surface area contributed by atoms with Crippen LogP contribution in [-0.4, -0.2) is 51.3 Å². The first-order valence-corrected chi connectivity index (χ1v) is 5.75. The van der Waals surface area contributed by atoms with Crippen LogP contribution in [0.25, 0.3) is 0 Å². The van der Waals surface area contributed by atoms with Crippen molar-refractivity contribution in [2.75, 3.05) is 0 Å². The summed E-state index contributed by atoms with van der Waals surface area (Å²) in [7, 11) is -3.97. The Morgan fingerprint density at radius 3 is 1.64 bits per heavy atom. The van der Waals surface area contributed by atoms with Crippen LogP contribution in [0, 0.1) is 0 Å². The van der Waals surface area contributed by atoms with Crippen molar-refractivity contribution in [1.29, 1.82) is 0 Å². The van der Waals surface area contributed by atoms with E-state index in [9.17, 15) is 4.21 Å². The minimum absolute atomic E-state index is 0. The van der Waals surface area contributed by atoms with Gasteiger partial charge in [0, 0.05) is 0 Å².